The number of fused-ring (bicyclic) bond motifs is 1. The SMILES string of the molecule is Bc1cc2c(C(C)C)cc(N(CC)CC)cc2oc1=O. The lowest BCUT2D eigenvalue weighted by atomic mass is 9.92. The molecular weight excluding hydrogens is 249 g/mol. The van der Waals surface area contributed by atoms with Crippen LogP contribution >= 0.6 is 0 Å². The van der Waals surface area contributed by atoms with Gasteiger partial charge in [0.05, 0.1) is 0 Å². The summed E-state index contributed by atoms with van der Waals surface area (Å²) in [5, 5.41) is 1.05. The van der Waals surface area contributed by atoms with Crippen molar-refractivity contribution in [1.82, 2.24) is 0 Å². The Morgan fingerprint density at radius 2 is 1.85 bits per heavy atom. The highest BCUT2D eigenvalue weighted by Crippen LogP contribution is 2.30. The third kappa shape index (κ3) is 2.60. The zero-order valence-electron chi connectivity index (χ0n) is 13.0. The van der Waals surface area contributed by atoms with Crippen molar-refractivity contribution in [2.45, 2.75) is 33.6 Å². The van der Waals surface area contributed by atoms with E-state index in [9.17, 15) is 4.79 Å². The molecule has 0 aliphatic carbocycles. The molecule has 0 fully saturated rings. The summed E-state index contributed by atoms with van der Waals surface area (Å²) in [7, 11) is 1.80. The lowest BCUT2D eigenvalue weighted by molar-refractivity contribution is 0.566. The van der Waals surface area contributed by atoms with E-state index in [1.165, 1.54) is 5.56 Å². The van der Waals surface area contributed by atoms with E-state index in [1.54, 1.807) is 7.85 Å². The summed E-state index contributed by atoms with van der Waals surface area (Å²) in [5.74, 6) is 0.389. The smallest absolute Gasteiger partial charge is 0.329 e. The van der Waals surface area contributed by atoms with Gasteiger partial charge in [-0.3, -0.25) is 0 Å². The highest BCUT2D eigenvalue weighted by molar-refractivity contribution is 6.32. The van der Waals surface area contributed by atoms with Gasteiger partial charge in [-0.05, 0) is 36.9 Å². The van der Waals surface area contributed by atoms with Gasteiger partial charge in [0.25, 0.3) is 0 Å². The van der Waals surface area contributed by atoms with E-state index >= 15 is 0 Å². The van der Waals surface area contributed by atoms with Gasteiger partial charge in [-0.2, -0.15) is 0 Å². The van der Waals surface area contributed by atoms with Crippen molar-refractivity contribution in [3.8, 4) is 0 Å². The van der Waals surface area contributed by atoms with Crippen molar-refractivity contribution in [3.63, 3.8) is 0 Å². The molecule has 106 valence electrons. The Kier molecular flexibility index (Phi) is 4.22. The van der Waals surface area contributed by atoms with Crippen LogP contribution in [0.25, 0.3) is 11.0 Å². The Morgan fingerprint density at radius 3 is 2.40 bits per heavy atom. The quantitative estimate of drug-likeness (QED) is 0.630. The van der Waals surface area contributed by atoms with Crippen molar-refractivity contribution >= 4 is 30.0 Å². The largest absolute Gasteiger partial charge is 0.423 e. The minimum Gasteiger partial charge on any atom is -0.423 e. The maximum Gasteiger partial charge on any atom is 0.329 e. The number of hydrogen-bond acceptors (Lipinski definition) is 3. The molecule has 0 spiro atoms. The molecule has 4 heteroatoms. The molecule has 0 atom stereocenters. The van der Waals surface area contributed by atoms with Crippen molar-refractivity contribution < 1.29 is 4.42 Å². The second-order valence-electron chi connectivity index (χ2n) is 5.49. The Bertz CT molecular complexity index is 672. The van der Waals surface area contributed by atoms with E-state index in [0.29, 0.717) is 17.0 Å². The van der Waals surface area contributed by atoms with Crippen molar-refractivity contribution in [2.75, 3.05) is 18.0 Å². The monoisotopic (exact) mass is 271 g/mol. The van der Waals surface area contributed by atoms with Gasteiger partial charge in [-0.15, -0.1) is 0 Å². The van der Waals surface area contributed by atoms with E-state index in [1.807, 2.05) is 12.1 Å². The summed E-state index contributed by atoms with van der Waals surface area (Å²) in [4.78, 5) is 14.0. The Hall–Kier alpha value is -1.71. The Morgan fingerprint density at radius 1 is 1.20 bits per heavy atom. The summed E-state index contributed by atoms with van der Waals surface area (Å²) in [6.45, 7) is 10.5. The first-order valence-electron chi connectivity index (χ1n) is 7.31. The molecule has 1 aromatic carbocycles. The van der Waals surface area contributed by atoms with Gasteiger partial charge in [-0.25, -0.2) is 4.79 Å². The van der Waals surface area contributed by atoms with Crippen molar-refractivity contribution in [1.29, 1.82) is 0 Å². The average molecular weight is 271 g/mol. The molecule has 0 aliphatic rings. The number of anilines is 1. The van der Waals surface area contributed by atoms with Gasteiger partial charge in [0, 0.05) is 30.2 Å². The molecular formula is C16H22BNO2. The molecule has 0 amide bonds. The zero-order chi connectivity index (χ0) is 14.9. The van der Waals surface area contributed by atoms with Crippen LogP contribution in [-0.4, -0.2) is 20.9 Å². The van der Waals surface area contributed by atoms with E-state index in [-0.39, 0.29) is 5.63 Å². The molecule has 0 aliphatic heterocycles. The molecule has 0 saturated heterocycles. The van der Waals surface area contributed by atoms with Crippen LogP contribution in [0.1, 0.15) is 39.2 Å². The van der Waals surface area contributed by atoms with E-state index in [4.69, 9.17) is 4.42 Å². The second-order valence-corrected chi connectivity index (χ2v) is 5.49. The molecule has 0 radical (unpaired) electrons. The predicted octanol–water partition coefficient (Wildman–Crippen LogP) is 2.02. The Labute approximate surface area is 121 Å². The lowest BCUT2D eigenvalue weighted by Gasteiger charge is -2.23. The minimum absolute atomic E-state index is 0.246. The van der Waals surface area contributed by atoms with Crippen LogP contribution in [0.3, 0.4) is 0 Å². The van der Waals surface area contributed by atoms with Gasteiger partial charge in [0.2, 0.25) is 0 Å². The highest BCUT2D eigenvalue weighted by atomic mass is 16.4. The first-order valence-corrected chi connectivity index (χ1v) is 7.31. The summed E-state index contributed by atoms with van der Waals surface area (Å²) in [6, 6.07) is 6.15. The zero-order valence-corrected chi connectivity index (χ0v) is 13.0. The predicted molar refractivity (Wildman–Crippen MR) is 88.3 cm³/mol. The summed E-state index contributed by atoms with van der Waals surface area (Å²) in [6.07, 6.45) is 0. The first kappa shape index (κ1) is 14.7. The number of nitrogens with zero attached hydrogens (tertiary/aromatic N) is 1. The first-order chi connectivity index (χ1) is 9.47. The second kappa shape index (κ2) is 5.74. The summed E-state index contributed by atoms with van der Waals surface area (Å²) in [5.41, 5.74) is 3.46. The molecule has 0 bridgehead atoms. The van der Waals surface area contributed by atoms with Gasteiger partial charge >= 0.3 is 5.63 Å². The molecule has 0 N–H and O–H groups in total. The van der Waals surface area contributed by atoms with Crippen LogP contribution in [0.4, 0.5) is 5.69 Å². The van der Waals surface area contributed by atoms with E-state index in [0.717, 1.165) is 24.2 Å². The standard InChI is InChI=1S/C16H22BNO2/c1-5-18(6-2)11-7-12(10(3)4)13-9-14(17)16(19)20-15(13)8-11/h7-10H,5-6,17H2,1-4H3. The minimum atomic E-state index is -0.246. The fourth-order valence-corrected chi connectivity index (χ4v) is 2.58. The molecule has 0 unspecified atom stereocenters. The van der Waals surface area contributed by atoms with Crippen LogP contribution < -0.4 is 16.0 Å². The van der Waals surface area contributed by atoms with Gasteiger partial charge < -0.3 is 9.32 Å². The average Bonchev–Trinajstić information content (AvgIpc) is 2.41. The van der Waals surface area contributed by atoms with E-state index < -0.39 is 0 Å². The third-order valence-corrected chi connectivity index (χ3v) is 3.79. The topological polar surface area (TPSA) is 33.5 Å². The number of rotatable bonds is 4. The molecule has 2 aromatic rings. The van der Waals surface area contributed by atoms with Crippen LogP contribution in [0.5, 0.6) is 0 Å². The third-order valence-electron chi connectivity index (χ3n) is 3.79. The molecule has 1 heterocycles. The summed E-state index contributed by atoms with van der Waals surface area (Å²) < 4.78 is 5.48. The summed E-state index contributed by atoms with van der Waals surface area (Å²) >= 11 is 0. The Balaban J connectivity index is 2.76. The lowest BCUT2D eigenvalue weighted by Crippen LogP contribution is -2.24. The highest BCUT2D eigenvalue weighted by Gasteiger charge is 2.13. The fraction of sp³-hybridized carbons (Fsp3) is 0.438. The van der Waals surface area contributed by atoms with Crippen LogP contribution in [0.2, 0.25) is 0 Å². The van der Waals surface area contributed by atoms with Crippen molar-refractivity contribution in [3.05, 3.63) is 34.2 Å². The number of hydrogen-bond donors (Lipinski definition) is 0. The van der Waals surface area contributed by atoms with Crippen LogP contribution in [-0.2, 0) is 0 Å². The van der Waals surface area contributed by atoms with Crippen LogP contribution in [0.15, 0.2) is 27.4 Å². The molecule has 0 saturated carbocycles. The normalized spacial score (nSPS) is 11.2. The number of benzene rings is 1. The maximum atomic E-state index is 11.8. The van der Waals surface area contributed by atoms with Crippen molar-refractivity contribution in [2.24, 2.45) is 0 Å². The van der Waals surface area contributed by atoms with E-state index in [2.05, 4.69) is 38.7 Å². The fourth-order valence-electron chi connectivity index (χ4n) is 2.58. The molecule has 2 rings (SSSR count). The molecule has 1 aromatic heterocycles. The molecule has 3 nitrogen and oxygen atoms in total. The molecule has 20 heavy (non-hydrogen) atoms. The van der Waals surface area contributed by atoms with Crippen LogP contribution in [0, 0.1) is 0 Å². The van der Waals surface area contributed by atoms with Gasteiger partial charge in [0.1, 0.15) is 13.4 Å². The van der Waals surface area contributed by atoms with Gasteiger partial charge in [-0.1, -0.05) is 19.9 Å². The maximum absolute atomic E-state index is 11.8. The van der Waals surface area contributed by atoms with Gasteiger partial charge in [0.15, 0.2) is 0 Å².